The predicted octanol–water partition coefficient (Wildman–Crippen LogP) is 5.41. The van der Waals surface area contributed by atoms with Gasteiger partial charge in [0.1, 0.15) is 0 Å². The van der Waals surface area contributed by atoms with Crippen molar-refractivity contribution in [2.75, 3.05) is 6.54 Å². The number of halogens is 1. The van der Waals surface area contributed by atoms with E-state index in [9.17, 15) is 8.42 Å². The summed E-state index contributed by atoms with van der Waals surface area (Å²) in [5.74, 6) is 0.482. The molecule has 0 bridgehead atoms. The Labute approximate surface area is 186 Å². The molecule has 5 rings (SSSR count). The summed E-state index contributed by atoms with van der Waals surface area (Å²) in [6.07, 6.45) is 0.662. The number of sulfonamides is 1. The summed E-state index contributed by atoms with van der Waals surface area (Å²) in [6.45, 7) is 0.707. The molecule has 0 unspecified atom stereocenters. The third kappa shape index (κ3) is 3.78. The maximum absolute atomic E-state index is 13.7. The average Bonchev–Trinajstić information content (AvgIpc) is 3.26. The number of nitrogens with zero attached hydrogens (tertiary/aromatic N) is 2. The Balaban J connectivity index is 1.62. The first-order valence-corrected chi connectivity index (χ1v) is 11.7. The zero-order chi connectivity index (χ0) is 21.4. The van der Waals surface area contributed by atoms with Crippen LogP contribution in [0.5, 0.6) is 0 Å². The Bertz CT molecular complexity index is 1330. The van der Waals surface area contributed by atoms with Crippen LogP contribution in [0, 0.1) is 0 Å². The molecule has 0 atom stereocenters. The first-order chi connectivity index (χ1) is 15.0. The van der Waals surface area contributed by atoms with E-state index >= 15 is 0 Å². The minimum atomic E-state index is -3.89. The second-order valence-corrected chi connectivity index (χ2v) is 9.67. The van der Waals surface area contributed by atoms with E-state index in [4.69, 9.17) is 16.0 Å². The molecular weight excluding hydrogens is 432 g/mol. The molecule has 0 fully saturated rings. The van der Waals surface area contributed by atoms with Gasteiger partial charge in [0.05, 0.1) is 0 Å². The molecule has 3 aromatic carbocycles. The van der Waals surface area contributed by atoms with Crippen LogP contribution in [0.15, 0.2) is 88.3 Å². The van der Waals surface area contributed by atoms with Gasteiger partial charge in [-0.15, -0.1) is 0 Å². The van der Waals surface area contributed by atoms with Crippen LogP contribution >= 0.6 is 11.6 Å². The van der Waals surface area contributed by atoms with Crippen LogP contribution in [0.2, 0.25) is 5.02 Å². The fraction of sp³-hybridized carbons (Fsp3) is 0.125. The predicted molar refractivity (Wildman–Crippen MR) is 120 cm³/mol. The second-order valence-electron chi connectivity index (χ2n) is 7.38. The van der Waals surface area contributed by atoms with Crippen molar-refractivity contribution in [1.29, 1.82) is 0 Å². The van der Waals surface area contributed by atoms with E-state index in [0.717, 1.165) is 5.56 Å². The van der Waals surface area contributed by atoms with E-state index in [2.05, 4.69) is 4.98 Å². The van der Waals surface area contributed by atoms with E-state index in [-0.39, 0.29) is 16.7 Å². The first-order valence-electron chi connectivity index (χ1n) is 9.91. The summed E-state index contributed by atoms with van der Waals surface area (Å²) in [5.41, 5.74) is 3.51. The minimum Gasteiger partial charge on any atom is -0.435 e. The molecule has 5 nitrogen and oxygen atoms in total. The largest absolute Gasteiger partial charge is 0.435 e. The van der Waals surface area contributed by atoms with Crippen molar-refractivity contribution < 1.29 is 12.8 Å². The second kappa shape index (κ2) is 7.96. The van der Waals surface area contributed by atoms with Gasteiger partial charge in [-0.05, 0) is 53.9 Å². The topological polar surface area (TPSA) is 63.4 Å². The summed E-state index contributed by atoms with van der Waals surface area (Å²) >= 11 is 6.03. The number of oxazole rings is 1. The zero-order valence-corrected chi connectivity index (χ0v) is 18.1. The standard InChI is InChI=1S/C24H19ClN2O3S/c25-21-12-10-18(11-13-21)22-24(26-23(30-22)19-7-2-1-3-8-19)31(28,29)27-15-14-17-6-4-5-9-20(17)16-27/h1-13H,14-16H2. The smallest absolute Gasteiger partial charge is 0.264 e. The summed E-state index contributed by atoms with van der Waals surface area (Å²) in [6, 6.07) is 24.1. The molecule has 0 saturated carbocycles. The highest BCUT2D eigenvalue weighted by atomic mass is 35.5. The van der Waals surface area contributed by atoms with Crippen LogP contribution in [0.25, 0.3) is 22.8 Å². The quantitative estimate of drug-likeness (QED) is 0.417. The number of hydrogen-bond donors (Lipinski definition) is 0. The number of benzene rings is 3. The van der Waals surface area contributed by atoms with Gasteiger partial charge in [0.15, 0.2) is 5.76 Å². The molecule has 0 aliphatic carbocycles. The molecule has 4 aromatic rings. The molecular formula is C24H19ClN2O3S. The molecule has 0 spiro atoms. The fourth-order valence-electron chi connectivity index (χ4n) is 3.77. The Morgan fingerprint density at radius 1 is 0.839 bits per heavy atom. The molecule has 1 aliphatic heterocycles. The van der Waals surface area contributed by atoms with Gasteiger partial charge in [-0.2, -0.15) is 9.29 Å². The highest BCUT2D eigenvalue weighted by molar-refractivity contribution is 7.89. The molecule has 1 aromatic heterocycles. The summed E-state index contributed by atoms with van der Waals surface area (Å²) in [4.78, 5) is 4.45. The highest BCUT2D eigenvalue weighted by Crippen LogP contribution is 2.35. The summed E-state index contributed by atoms with van der Waals surface area (Å²) in [7, 11) is -3.89. The monoisotopic (exact) mass is 450 g/mol. The van der Waals surface area contributed by atoms with Crippen molar-refractivity contribution in [1.82, 2.24) is 9.29 Å². The van der Waals surface area contributed by atoms with E-state index < -0.39 is 10.0 Å². The molecule has 156 valence electrons. The molecule has 2 heterocycles. The fourth-order valence-corrected chi connectivity index (χ4v) is 5.37. The summed E-state index contributed by atoms with van der Waals surface area (Å²) in [5, 5.41) is 0.483. The van der Waals surface area contributed by atoms with Crippen LogP contribution in [0.3, 0.4) is 0 Å². The SMILES string of the molecule is O=S(=O)(c1nc(-c2ccccc2)oc1-c1ccc(Cl)cc1)N1CCc2ccccc2C1. The Hall–Kier alpha value is -2.93. The van der Waals surface area contributed by atoms with Gasteiger partial charge in [-0.1, -0.05) is 54.1 Å². The Kier molecular flexibility index (Phi) is 5.14. The zero-order valence-electron chi connectivity index (χ0n) is 16.5. The lowest BCUT2D eigenvalue weighted by Crippen LogP contribution is -2.36. The van der Waals surface area contributed by atoms with Crippen molar-refractivity contribution in [2.24, 2.45) is 0 Å². The molecule has 0 saturated heterocycles. The van der Waals surface area contributed by atoms with Crippen LogP contribution in [-0.4, -0.2) is 24.3 Å². The number of aromatic nitrogens is 1. The third-order valence-corrected chi connectivity index (χ3v) is 7.41. The Morgan fingerprint density at radius 3 is 2.26 bits per heavy atom. The number of hydrogen-bond acceptors (Lipinski definition) is 4. The molecule has 1 aliphatic rings. The Morgan fingerprint density at radius 2 is 1.52 bits per heavy atom. The lowest BCUT2D eigenvalue weighted by atomic mass is 10.0. The maximum Gasteiger partial charge on any atom is 0.264 e. The lowest BCUT2D eigenvalue weighted by Gasteiger charge is -2.27. The van der Waals surface area contributed by atoms with Crippen molar-refractivity contribution in [3.8, 4) is 22.8 Å². The van der Waals surface area contributed by atoms with Gasteiger partial charge in [-0.25, -0.2) is 8.42 Å². The molecule has 0 radical (unpaired) electrons. The van der Waals surface area contributed by atoms with E-state index in [1.54, 1.807) is 24.3 Å². The van der Waals surface area contributed by atoms with Crippen LogP contribution in [0.4, 0.5) is 0 Å². The third-order valence-electron chi connectivity index (χ3n) is 5.40. The van der Waals surface area contributed by atoms with E-state index in [1.165, 1.54) is 9.87 Å². The summed E-state index contributed by atoms with van der Waals surface area (Å²) < 4.78 is 34.8. The van der Waals surface area contributed by atoms with Gasteiger partial charge < -0.3 is 4.42 Å². The molecule has 31 heavy (non-hydrogen) atoms. The van der Waals surface area contributed by atoms with Crippen LogP contribution < -0.4 is 0 Å². The molecule has 7 heteroatoms. The van der Waals surface area contributed by atoms with Gasteiger partial charge in [-0.3, -0.25) is 0 Å². The number of rotatable bonds is 4. The van der Waals surface area contributed by atoms with Crippen LogP contribution in [-0.2, 0) is 23.0 Å². The van der Waals surface area contributed by atoms with Crippen molar-refractivity contribution in [3.05, 3.63) is 95.0 Å². The first kappa shape index (κ1) is 20.0. The van der Waals surface area contributed by atoms with Gasteiger partial charge >= 0.3 is 0 Å². The molecule has 0 N–H and O–H groups in total. The van der Waals surface area contributed by atoms with Crippen LogP contribution in [0.1, 0.15) is 11.1 Å². The normalized spacial score (nSPS) is 14.4. The average molecular weight is 451 g/mol. The van der Waals surface area contributed by atoms with E-state index in [0.29, 0.717) is 35.7 Å². The van der Waals surface area contributed by atoms with Gasteiger partial charge in [0.25, 0.3) is 10.0 Å². The van der Waals surface area contributed by atoms with Crippen molar-refractivity contribution >= 4 is 21.6 Å². The van der Waals surface area contributed by atoms with Gasteiger partial charge in [0, 0.05) is 29.2 Å². The van der Waals surface area contributed by atoms with Crippen molar-refractivity contribution in [3.63, 3.8) is 0 Å². The lowest BCUT2D eigenvalue weighted by molar-refractivity contribution is 0.390. The molecule has 0 amide bonds. The maximum atomic E-state index is 13.7. The number of fused-ring (bicyclic) bond motifs is 1. The van der Waals surface area contributed by atoms with E-state index in [1.807, 2.05) is 54.6 Å². The minimum absolute atomic E-state index is 0.0759. The van der Waals surface area contributed by atoms with Gasteiger partial charge in [0.2, 0.25) is 10.9 Å². The highest BCUT2D eigenvalue weighted by Gasteiger charge is 2.34. The van der Waals surface area contributed by atoms with Crippen molar-refractivity contribution in [2.45, 2.75) is 18.0 Å².